The Morgan fingerprint density at radius 2 is 1.83 bits per heavy atom. The highest BCUT2D eigenvalue weighted by Crippen LogP contribution is 2.13. The van der Waals surface area contributed by atoms with Crippen molar-refractivity contribution < 1.29 is 24.9 Å². The lowest BCUT2D eigenvalue weighted by molar-refractivity contribution is -0.144. The van der Waals surface area contributed by atoms with Crippen LogP contribution < -0.4 is 5.73 Å². The summed E-state index contributed by atoms with van der Waals surface area (Å²) in [6.45, 7) is 1.69. The lowest BCUT2D eigenvalue weighted by Crippen LogP contribution is -2.48. The molecule has 0 unspecified atom stereocenters. The predicted molar refractivity (Wildman–Crippen MR) is 71.9 cm³/mol. The number of aliphatic carboxylic acids is 2. The molecular weight excluding hydrogens is 258 g/mol. The number of nitrogens with two attached hydrogens (primary N) is 1. The van der Waals surface area contributed by atoms with Gasteiger partial charge >= 0.3 is 11.9 Å². The van der Waals surface area contributed by atoms with Crippen molar-refractivity contribution in [1.82, 2.24) is 0 Å². The van der Waals surface area contributed by atoms with Gasteiger partial charge in [-0.15, -0.1) is 0 Å². The van der Waals surface area contributed by atoms with Gasteiger partial charge in [0.15, 0.2) is 0 Å². The third-order valence-corrected chi connectivity index (χ3v) is 2.54. The van der Waals surface area contributed by atoms with Crippen LogP contribution in [0, 0.1) is 0 Å². The topological polar surface area (TPSA) is 121 Å². The van der Waals surface area contributed by atoms with Gasteiger partial charge in [0.2, 0.25) is 0 Å². The molecule has 0 aromatic carbocycles. The quantitative estimate of drug-likeness (QED) is 0.418. The molecule has 0 heterocycles. The van der Waals surface area contributed by atoms with Crippen molar-refractivity contribution in [3.05, 3.63) is 0 Å². The van der Waals surface area contributed by atoms with Gasteiger partial charge in [-0.25, -0.2) is 0 Å². The zero-order chi connectivity index (χ0) is 14.6. The van der Waals surface area contributed by atoms with Crippen molar-refractivity contribution in [2.75, 3.05) is 12.4 Å². The van der Waals surface area contributed by atoms with Gasteiger partial charge in [-0.2, -0.15) is 12.6 Å². The predicted octanol–water partition coefficient (Wildman–Crippen LogP) is 0.732. The van der Waals surface area contributed by atoms with E-state index in [2.05, 4.69) is 12.6 Å². The number of aliphatic hydroxyl groups is 1. The normalized spacial score (nSPS) is 13.1. The van der Waals surface area contributed by atoms with E-state index in [4.69, 9.17) is 21.1 Å². The molecule has 0 amide bonds. The minimum absolute atomic E-state index is 0.121. The van der Waals surface area contributed by atoms with Crippen LogP contribution in [0.1, 0.15) is 39.0 Å². The number of rotatable bonds is 8. The van der Waals surface area contributed by atoms with E-state index in [9.17, 15) is 9.59 Å². The largest absolute Gasteiger partial charge is 0.481 e. The number of carboxylic acids is 2. The molecule has 108 valence electrons. The number of aliphatic hydroxyl groups excluding tert-OH is 1. The molecule has 0 aromatic heterocycles. The highest BCUT2D eigenvalue weighted by atomic mass is 32.1. The van der Waals surface area contributed by atoms with E-state index in [0.717, 1.165) is 0 Å². The van der Waals surface area contributed by atoms with E-state index in [1.807, 2.05) is 6.92 Å². The summed E-state index contributed by atoms with van der Waals surface area (Å²) < 4.78 is 0. The second-order valence-corrected chi connectivity index (χ2v) is 4.35. The van der Waals surface area contributed by atoms with Crippen LogP contribution in [0.3, 0.4) is 0 Å². The molecule has 18 heavy (non-hydrogen) atoms. The molecule has 0 saturated heterocycles. The molecule has 0 aliphatic carbocycles. The Labute approximate surface area is 113 Å². The van der Waals surface area contributed by atoms with Crippen LogP contribution in [0.15, 0.2) is 0 Å². The molecule has 0 rings (SSSR count). The molecule has 0 radical (unpaired) electrons. The third kappa shape index (κ3) is 10.4. The van der Waals surface area contributed by atoms with E-state index in [0.29, 0.717) is 25.0 Å². The maximum atomic E-state index is 10.6. The van der Waals surface area contributed by atoms with Crippen molar-refractivity contribution in [3.63, 3.8) is 0 Å². The maximum absolute atomic E-state index is 10.6. The van der Waals surface area contributed by atoms with Gasteiger partial charge in [-0.05, 0) is 25.0 Å². The van der Waals surface area contributed by atoms with E-state index in [1.165, 1.54) is 0 Å². The SMILES string of the molecule is CCC[C@](N)(CCO)C(=O)O.O=C(O)CCCS. The first-order valence-corrected chi connectivity index (χ1v) is 6.43. The van der Waals surface area contributed by atoms with Gasteiger partial charge in [0.05, 0.1) is 0 Å². The summed E-state index contributed by atoms with van der Waals surface area (Å²) >= 11 is 3.83. The lowest BCUT2D eigenvalue weighted by atomic mass is 9.92. The van der Waals surface area contributed by atoms with Gasteiger partial charge in [0.1, 0.15) is 5.54 Å². The molecule has 1 atom stereocenters. The van der Waals surface area contributed by atoms with Crippen LogP contribution in [0.4, 0.5) is 0 Å². The Morgan fingerprint density at radius 1 is 1.28 bits per heavy atom. The number of hydrogen-bond acceptors (Lipinski definition) is 5. The highest BCUT2D eigenvalue weighted by molar-refractivity contribution is 7.80. The van der Waals surface area contributed by atoms with Gasteiger partial charge in [0, 0.05) is 13.0 Å². The average molecular weight is 281 g/mol. The first kappa shape index (κ1) is 19.5. The number of hydrogen-bond donors (Lipinski definition) is 5. The molecular formula is C11H23NO5S. The van der Waals surface area contributed by atoms with E-state index in [-0.39, 0.29) is 19.4 Å². The first-order chi connectivity index (χ1) is 8.33. The van der Waals surface area contributed by atoms with Crippen molar-refractivity contribution in [1.29, 1.82) is 0 Å². The second kappa shape index (κ2) is 11.3. The first-order valence-electron chi connectivity index (χ1n) is 5.79. The summed E-state index contributed by atoms with van der Waals surface area (Å²) in [4.78, 5) is 20.3. The highest BCUT2D eigenvalue weighted by Gasteiger charge is 2.31. The summed E-state index contributed by atoms with van der Waals surface area (Å²) in [6, 6.07) is 0. The number of thiol groups is 1. The number of carbonyl (C=O) groups is 2. The van der Waals surface area contributed by atoms with Crippen LogP contribution in [0.25, 0.3) is 0 Å². The number of carboxylic acid groups (broad SMARTS) is 2. The minimum Gasteiger partial charge on any atom is -0.481 e. The Balaban J connectivity index is 0. The molecule has 0 aliphatic rings. The monoisotopic (exact) mass is 281 g/mol. The molecule has 0 spiro atoms. The molecule has 5 N–H and O–H groups in total. The van der Waals surface area contributed by atoms with Crippen molar-refractivity contribution >= 4 is 24.6 Å². The van der Waals surface area contributed by atoms with Gasteiger partial charge in [-0.3, -0.25) is 9.59 Å². The zero-order valence-electron chi connectivity index (χ0n) is 10.6. The Kier molecular flexibility index (Phi) is 12.3. The standard InChI is InChI=1S/C7H15NO3.C4H8O2S/c1-2-3-7(8,4-5-9)6(10)11;5-4(6)2-1-3-7/h9H,2-5,8H2,1H3,(H,10,11);7H,1-3H2,(H,5,6)/t7-;/m0./s1. The van der Waals surface area contributed by atoms with Crippen LogP contribution in [0.5, 0.6) is 0 Å². The summed E-state index contributed by atoms with van der Waals surface area (Å²) in [7, 11) is 0. The molecule has 0 fully saturated rings. The van der Waals surface area contributed by atoms with Gasteiger partial charge in [-0.1, -0.05) is 13.3 Å². The van der Waals surface area contributed by atoms with E-state index in [1.54, 1.807) is 0 Å². The maximum Gasteiger partial charge on any atom is 0.323 e. The van der Waals surface area contributed by atoms with Crippen molar-refractivity contribution in [2.24, 2.45) is 5.73 Å². The Morgan fingerprint density at radius 3 is 2.06 bits per heavy atom. The molecule has 0 saturated carbocycles. The van der Waals surface area contributed by atoms with Crippen LogP contribution in [-0.2, 0) is 9.59 Å². The summed E-state index contributed by atoms with van der Waals surface area (Å²) in [5, 5.41) is 25.2. The molecule has 6 nitrogen and oxygen atoms in total. The molecule has 7 heteroatoms. The summed E-state index contributed by atoms with van der Waals surface area (Å²) in [6.07, 6.45) is 2.14. The average Bonchev–Trinajstić information content (AvgIpc) is 2.27. The molecule has 0 aliphatic heterocycles. The fourth-order valence-electron chi connectivity index (χ4n) is 1.21. The Hall–Kier alpha value is -0.790. The third-order valence-electron chi connectivity index (χ3n) is 2.23. The van der Waals surface area contributed by atoms with Crippen LogP contribution >= 0.6 is 12.6 Å². The van der Waals surface area contributed by atoms with E-state index >= 15 is 0 Å². The van der Waals surface area contributed by atoms with Crippen LogP contribution in [-0.4, -0.2) is 45.2 Å². The van der Waals surface area contributed by atoms with Gasteiger partial charge < -0.3 is 21.1 Å². The lowest BCUT2D eigenvalue weighted by Gasteiger charge is -2.22. The smallest absolute Gasteiger partial charge is 0.323 e. The molecule has 0 aromatic rings. The fraction of sp³-hybridized carbons (Fsp3) is 0.818. The fourth-order valence-corrected chi connectivity index (χ4v) is 1.37. The van der Waals surface area contributed by atoms with Gasteiger partial charge in [0.25, 0.3) is 0 Å². The van der Waals surface area contributed by atoms with E-state index < -0.39 is 17.5 Å². The van der Waals surface area contributed by atoms with Crippen molar-refractivity contribution in [2.45, 2.75) is 44.6 Å². The summed E-state index contributed by atoms with van der Waals surface area (Å²) in [5.41, 5.74) is 4.27. The van der Waals surface area contributed by atoms with Crippen LogP contribution in [0.2, 0.25) is 0 Å². The summed E-state index contributed by atoms with van der Waals surface area (Å²) in [5.74, 6) is -1.12. The Bertz CT molecular complexity index is 242. The second-order valence-electron chi connectivity index (χ2n) is 3.91. The zero-order valence-corrected chi connectivity index (χ0v) is 11.5. The minimum atomic E-state index is -1.23. The van der Waals surface area contributed by atoms with Crippen molar-refractivity contribution in [3.8, 4) is 0 Å². The molecule has 0 bridgehead atoms.